The van der Waals surface area contributed by atoms with E-state index in [2.05, 4.69) is 10.00 Å². The zero-order valence-electron chi connectivity index (χ0n) is 15.5. The smallest absolute Gasteiger partial charge is 0.228 e. The normalized spacial score (nSPS) is 22.7. The molecule has 0 N–H and O–H groups in total. The van der Waals surface area contributed by atoms with Crippen molar-refractivity contribution in [2.45, 2.75) is 57.9 Å². The fraction of sp³-hybridized carbons (Fsp3) is 0.737. The van der Waals surface area contributed by atoms with E-state index in [0.29, 0.717) is 18.4 Å². The van der Waals surface area contributed by atoms with Crippen LogP contribution in [0.15, 0.2) is 12.3 Å². The first-order valence-corrected chi connectivity index (χ1v) is 9.58. The molecule has 2 aliphatic heterocycles. The second-order valence-electron chi connectivity index (χ2n) is 7.50. The molecule has 2 amide bonds. The van der Waals surface area contributed by atoms with Crippen LogP contribution in [0.4, 0.5) is 0 Å². The SMILES string of the molecule is CC(=O)N1CCCCCC1C1CCN(C(=O)Cc2ccn(C)n2)CC1. The highest BCUT2D eigenvalue weighted by molar-refractivity contribution is 5.78. The van der Waals surface area contributed by atoms with Gasteiger partial charge in [-0.3, -0.25) is 14.3 Å². The van der Waals surface area contributed by atoms with Crippen molar-refractivity contribution in [2.24, 2.45) is 13.0 Å². The van der Waals surface area contributed by atoms with Crippen LogP contribution in [0.1, 0.15) is 51.1 Å². The van der Waals surface area contributed by atoms with Gasteiger partial charge in [0.2, 0.25) is 11.8 Å². The summed E-state index contributed by atoms with van der Waals surface area (Å²) in [5.41, 5.74) is 0.834. The van der Waals surface area contributed by atoms with E-state index in [1.54, 1.807) is 11.6 Å². The zero-order chi connectivity index (χ0) is 17.8. The standard InChI is InChI=1S/C19H30N4O2/c1-15(24)23-10-5-3-4-6-18(23)16-7-12-22(13-8-16)19(25)14-17-9-11-21(2)20-17/h9,11,16,18H,3-8,10,12-14H2,1-2H3. The van der Waals surface area contributed by atoms with Crippen LogP contribution in [0.3, 0.4) is 0 Å². The minimum Gasteiger partial charge on any atom is -0.342 e. The maximum atomic E-state index is 12.5. The summed E-state index contributed by atoms with van der Waals surface area (Å²) in [5.74, 6) is 0.905. The van der Waals surface area contributed by atoms with E-state index in [0.717, 1.165) is 51.0 Å². The van der Waals surface area contributed by atoms with Gasteiger partial charge in [-0.1, -0.05) is 12.8 Å². The quantitative estimate of drug-likeness (QED) is 0.841. The number of piperidine rings is 1. The molecule has 138 valence electrons. The Morgan fingerprint density at radius 1 is 1.12 bits per heavy atom. The van der Waals surface area contributed by atoms with E-state index < -0.39 is 0 Å². The summed E-state index contributed by atoms with van der Waals surface area (Å²) in [5, 5.41) is 4.30. The summed E-state index contributed by atoms with van der Waals surface area (Å²) >= 11 is 0. The van der Waals surface area contributed by atoms with E-state index in [1.165, 1.54) is 12.8 Å². The van der Waals surface area contributed by atoms with Gasteiger partial charge in [0.15, 0.2) is 0 Å². The van der Waals surface area contributed by atoms with Crippen LogP contribution in [0.5, 0.6) is 0 Å². The molecule has 0 radical (unpaired) electrons. The first-order valence-electron chi connectivity index (χ1n) is 9.58. The van der Waals surface area contributed by atoms with Crippen molar-refractivity contribution < 1.29 is 9.59 Å². The molecule has 0 saturated carbocycles. The molecule has 0 aliphatic carbocycles. The van der Waals surface area contributed by atoms with E-state index in [4.69, 9.17) is 0 Å². The van der Waals surface area contributed by atoms with Crippen molar-refractivity contribution >= 4 is 11.8 Å². The summed E-state index contributed by atoms with van der Waals surface area (Å²) in [6.07, 6.45) is 8.94. The monoisotopic (exact) mass is 346 g/mol. The second-order valence-corrected chi connectivity index (χ2v) is 7.50. The molecule has 1 atom stereocenters. The molecule has 2 fully saturated rings. The number of hydrogen-bond acceptors (Lipinski definition) is 3. The Morgan fingerprint density at radius 2 is 1.88 bits per heavy atom. The third-order valence-corrected chi connectivity index (χ3v) is 5.74. The van der Waals surface area contributed by atoms with Crippen molar-refractivity contribution in [3.8, 4) is 0 Å². The molecule has 6 heteroatoms. The summed E-state index contributed by atoms with van der Waals surface area (Å²) in [6.45, 7) is 4.21. The van der Waals surface area contributed by atoms with Gasteiger partial charge >= 0.3 is 0 Å². The molecule has 3 rings (SSSR count). The summed E-state index contributed by atoms with van der Waals surface area (Å²) in [6, 6.07) is 2.27. The Kier molecular flexibility index (Phi) is 5.76. The van der Waals surface area contributed by atoms with E-state index in [-0.39, 0.29) is 11.8 Å². The van der Waals surface area contributed by atoms with Crippen molar-refractivity contribution in [1.29, 1.82) is 0 Å². The number of carbonyl (C=O) groups is 2. The Morgan fingerprint density at radius 3 is 2.52 bits per heavy atom. The molecule has 2 saturated heterocycles. The first-order chi connectivity index (χ1) is 12.0. The molecule has 2 aliphatic rings. The van der Waals surface area contributed by atoms with Crippen molar-refractivity contribution in [2.75, 3.05) is 19.6 Å². The van der Waals surface area contributed by atoms with Gasteiger partial charge < -0.3 is 9.80 Å². The summed E-state index contributed by atoms with van der Waals surface area (Å²) in [7, 11) is 1.87. The van der Waals surface area contributed by atoms with Gasteiger partial charge in [0, 0.05) is 45.8 Å². The highest BCUT2D eigenvalue weighted by atomic mass is 16.2. The third-order valence-electron chi connectivity index (χ3n) is 5.74. The molecular formula is C19H30N4O2. The number of rotatable bonds is 3. The Bertz CT molecular complexity index is 604. The Hall–Kier alpha value is -1.85. The average molecular weight is 346 g/mol. The Balaban J connectivity index is 1.55. The van der Waals surface area contributed by atoms with Crippen molar-refractivity contribution in [1.82, 2.24) is 19.6 Å². The number of likely N-dealkylation sites (tertiary alicyclic amines) is 2. The maximum absolute atomic E-state index is 12.5. The van der Waals surface area contributed by atoms with Crippen LogP contribution in [0, 0.1) is 5.92 Å². The van der Waals surface area contributed by atoms with Crippen LogP contribution in [-0.2, 0) is 23.1 Å². The minimum absolute atomic E-state index is 0.168. The topological polar surface area (TPSA) is 58.4 Å². The second kappa shape index (κ2) is 8.02. The van der Waals surface area contributed by atoms with E-state index in [9.17, 15) is 9.59 Å². The predicted molar refractivity (Wildman–Crippen MR) is 95.9 cm³/mol. The number of hydrogen-bond donors (Lipinski definition) is 0. The lowest BCUT2D eigenvalue weighted by atomic mass is 9.86. The lowest BCUT2D eigenvalue weighted by molar-refractivity contribution is -0.135. The van der Waals surface area contributed by atoms with Crippen LogP contribution in [-0.4, -0.2) is 57.1 Å². The van der Waals surface area contributed by atoms with E-state index in [1.807, 2.05) is 24.2 Å². The van der Waals surface area contributed by atoms with Crippen LogP contribution < -0.4 is 0 Å². The number of nitrogens with zero attached hydrogens (tertiary/aromatic N) is 4. The Labute approximate surface area is 150 Å². The largest absolute Gasteiger partial charge is 0.342 e. The van der Waals surface area contributed by atoms with Gasteiger partial charge in [-0.2, -0.15) is 5.10 Å². The maximum Gasteiger partial charge on any atom is 0.228 e. The van der Waals surface area contributed by atoms with Gasteiger partial charge in [0.25, 0.3) is 0 Å². The molecule has 0 spiro atoms. The molecule has 1 aromatic heterocycles. The average Bonchev–Trinajstić information content (AvgIpc) is 2.86. The van der Waals surface area contributed by atoms with Gasteiger partial charge in [-0.05, 0) is 37.7 Å². The lowest BCUT2D eigenvalue weighted by Gasteiger charge is -2.40. The molecule has 0 aromatic carbocycles. The molecule has 1 aromatic rings. The molecule has 25 heavy (non-hydrogen) atoms. The number of carbonyl (C=O) groups excluding carboxylic acids is 2. The third kappa shape index (κ3) is 4.41. The van der Waals surface area contributed by atoms with Crippen molar-refractivity contribution in [3.05, 3.63) is 18.0 Å². The molecular weight excluding hydrogens is 316 g/mol. The van der Waals surface area contributed by atoms with Crippen LogP contribution in [0.2, 0.25) is 0 Å². The summed E-state index contributed by atoms with van der Waals surface area (Å²) < 4.78 is 1.73. The highest BCUT2D eigenvalue weighted by Gasteiger charge is 2.33. The van der Waals surface area contributed by atoms with Gasteiger partial charge in [-0.25, -0.2) is 0 Å². The molecule has 0 bridgehead atoms. The minimum atomic E-state index is 0.168. The lowest BCUT2D eigenvalue weighted by Crippen LogP contribution is -2.48. The van der Waals surface area contributed by atoms with Crippen LogP contribution >= 0.6 is 0 Å². The number of amides is 2. The first kappa shape index (κ1) is 18.0. The number of aryl methyl sites for hydroxylation is 1. The van der Waals surface area contributed by atoms with Crippen LogP contribution in [0.25, 0.3) is 0 Å². The summed E-state index contributed by atoms with van der Waals surface area (Å²) in [4.78, 5) is 28.6. The van der Waals surface area contributed by atoms with Gasteiger partial charge in [0.1, 0.15) is 0 Å². The van der Waals surface area contributed by atoms with Gasteiger partial charge in [0.05, 0.1) is 12.1 Å². The number of aromatic nitrogens is 2. The van der Waals surface area contributed by atoms with E-state index >= 15 is 0 Å². The predicted octanol–water partition coefficient (Wildman–Crippen LogP) is 1.99. The fourth-order valence-corrected chi connectivity index (χ4v) is 4.37. The molecule has 1 unspecified atom stereocenters. The molecule has 3 heterocycles. The van der Waals surface area contributed by atoms with Crippen molar-refractivity contribution in [3.63, 3.8) is 0 Å². The fourth-order valence-electron chi connectivity index (χ4n) is 4.37. The highest BCUT2D eigenvalue weighted by Crippen LogP contribution is 2.30. The molecule has 6 nitrogen and oxygen atoms in total. The van der Waals surface area contributed by atoms with Gasteiger partial charge in [-0.15, -0.1) is 0 Å². The zero-order valence-corrected chi connectivity index (χ0v) is 15.5.